The molecule has 1 aromatic carbocycles. The number of halogens is 2. The van der Waals surface area contributed by atoms with Crippen molar-refractivity contribution in [1.82, 2.24) is 20.2 Å². The van der Waals surface area contributed by atoms with Crippen molar-refractivity contribution in [3.05, 3.63) is 29.0 Å². The number of hydrogen-bond donors (Lipinski definition) is 1. The second kappa shape index (κ2) is 5.98. The molecule has 0 fully saturated rings. The summed E-state index contributed by atoms with van der Waals surface area (Å²) in [6.07, 6.45) is 0. The Morgan fingerprint density at radius 2 is 2.37 bits per heavy atom. The molecule has 2 rings (SSSR count). The zero-order chi connectivity index (χ0) is 13.8. The normalized spacial score (nSPS) is 10.5. The average Bonchev–Trinajstić information content (AvgIpc) is 2.77. The van der Waals surface area contributed by atoms with E-state index in [4.69, 9.17) is 11.6 Å². The molecule has 0 aliphatic carbocycles. The Balaban J connectivity index is 1.94. The number of carbonyl (C=O) groups excluding carboxylic acids is 1. The van der Waals surface area contributed by atoms with Crippen LogP contribution in [0.5, 0.6) is 0 Å². The summed E-state index contributed by atoms with van der Waals surface area (Å²) >= 11 is 6.88. The van der Waals surface area contributed by atoms with Crippen LogP contribution in [0.3, 0.4) is 0 Å². The minimum Gasteiger partial charge on any atom is -0.323 e. The molecule has 0 saturated carbocycles. The number of nitrogens with one attached hydrogen (secondary N) is 1. The van der Waals surface area contributed by atoms with E-state index in [1.165, 1.54) is 22.9 Å². The highest BCUT2D eigenvalue weighted by molar-refractivity contribution is 7.99. The first kappa shape index (κ1) is 13.8. The van der Waals surface area contributed by atoms with E-state index in [1.807, 2.05) is 0 Å². The molecule has 6 nitrogen and oxygen atoms in total. The third-order valence-electron chi connectivity index (χ3n) is 2.12. The summed E-state index contributed by atoms with van der Waals surface area (Å²) in [5.74, 6) is -0.836. The third-order valence-corrected chi connectivity index (χ3v) is 3.36. The molecule has 0 unspecified atom stereocenters. The first-order valence-corrected chi connectivity index (χ1v) is 6.52. The average molecular weight is 302 g/mol. The molecular formula is C10H9ClFN5OS. The van der Waals surface area contributed by atoms with E-state index < -0.39 is 5.82 Å². The molecule has 0 atom stereocenters. The van der Waals surface area contributed by atoms with Crippen LogP contribution in [-0.4, -0.2) is 31.9 Å². The highest BCUT2D eigenvalue weighted by Crippen LogP contribution is 2.20. The van der Waals surface area contributed by atoms with Gasteiger partial charge in [0.2, 0.25) is 11.1 Å². The molecule has 0 aliphatic heterocycles. The standard InChI is InChI=1S/C10H9ClFN5OS/c1-17-10(14-15-16-17)19-5-9(18)13-8-4-6(11)2-3-7(8)12/h2-4H,5H2,1H3,(H,13,18). The Labute approximate surface area is 117 Å². The number of thioether (sulfide) groups is 1. The van der Waals surface area contributed by atoms with Gasteiger partial charge in [0.15, 0.2) is 0 Å². The Kier molecular flexibility index (Phi) is 4.33. The number of benzene rings is 1. The highest BCUT2D eigenvalue weighted by atomic mass is 35.5. The van der Waals surface area contributed by atoms with Crippen LogP contribution in [0.1, 0.15) is 0 Å². The van der Waals surface area contributed by atoms with Crippen molar-refractivity contribution in [3.63, 3.8) is 0 Å². The number of carbonyl (C=O) groups is 1. The van der Waals surface area contributed by atoms with E-state index in [0.717, 1.165) is 11.8 Å². The Hall–Kier alpha value is -1.67. The second-order valence-electron chi connectivity index (χ2n) is 3.55. The topological polar surface area (TPSA) is 72.7 Å². The Morgan fingerprint density at radius 1 is 1.58 bits per heavy atom. The van der Waals surface area contributed by atoms with Gasteiger partial charge in [-0.05, 0) is 28.6 Å². The van der Waals surface area contributed by atoms with Crippen molar-refractivity contribution in [3.8, 4) is 0 Å². The van der Waals surface area contributed by atoms with Crippen LogP contribution >= 0.6 is 23.4 Å². The SMILES string of the molecule is Cn1nnnc1SCC(=O)Nc1cc(Cl)ccc1F. The van der Waals surface area contributed by atoms with Crippen LogP contribution in [0.15, 0.2) is 23.4 Å². The number of aromatic nitrogens is 4. The van der Waals surface area contributed by atoms with Gasteiger partial charge >= 0.3 is 0 Å². The van der Waals surface area contributed by atoms with Gasteiger partial charge in [-0.2, -0.15) is 0 Å². The van der Waals surface area contributed by atoms with E-state index in [9.17, 15) is 9.18 Å². The van der Waals surface area contributed by atoms with Gasteiger partial charge in [0.25, 0.3) is 0 Å². The van der Waals surface area contributed by atoms with Gasteiger partial charge in [0.05, 0.1) is 11.4 Å². The summed E-state index contributed by atoms with van der Waals surface area (Å²) < 4.78 is 14.8. The van der Waals surface area contributed by atoms with Gasteiger partial charge in [-0.1, -0.05) is 23.4 Å². The minimum absolute atomic E-state index is 0.0502. The maximum atomic E-state index is 13.4. The quantitative estimate of drug-likeness (QED) is 0.871. The largest absolute Gasteiger partial charge is 0.323 e. The lowest BCUT2D eigenvalue weighted by Crippen LogP contribution is -2.15. The highest BCUT2D eigenvalue weighted by Gasteiger charge is 2.10. The number of aryl methyl sites for hydroxylation is 1. The second-order valence-corrected chi connectivity index (χ2v) is 4.93. The van der Waals surface area contributed by atoms with Gasteiger partial charge < -0.3 is 5.32 Å². The number of nitrogens with zero attached hydrogens (tertiary/aromatic N) is 4. The van der Waals surface area contributed by atoms with Crippen LogP contribution in [-0.2, 0) is 11.8 Å². The van der Waals surface area contributed by atoms with E-state index >= 15 is 0 Å². The van der Waals surface area contributed by atoms with Gasteiger partial charge in [-0.15, -0.1) is 5.10 Å². The van der Waals surface area contributed by atoms with Crippen molar-refractivity contribution in [1.29, 1.82) is 0 Å². The molecular weight excluding hydrogens is 293 g/mol. The lowest BCUT2D eigenvalue weighted by molar-refractivity contribution is -0.113. The fourth-order valence-electron chi connectivity index (χ4n) is 1.25. The monoisotopic (exact) mass is 301 g/mol. The Morgan fingerprint density at radius 3 is 3.05 bits per heavy atom. The molecule has 2 aromatic rings. The lowest BCUT2D eigenvalue weighted by Gasteiger charge is -2.06. The zero-order valence-electron chi connectivity index (χ0n) is 9.80. The smallest absolute Gasteiger partial charge is 0.234 e. The number of tetrazole rings is 1. The summed E-state index contributed by atoms with van der Waals surface area (Å²) in [5, 5.41) is 14.1. The van der Waals surface area contributed by atoms with Crippen molar-refractivity contribution in [2.45, 2.75) is 5.16 Å². The molecule has 9 heteroatoms. The summed E-state index contributed by atoms with van der Waals surface area (Å²) in [6, 6.07) is 3.95. The van der Waals surface area contributed by atoms with Crippen LogP contribution in [0.25, 0.3) is 0 Å². The predicted molar refractivity (Wildman–Crippen MR) is 69.6 cm³/mol. The maximum absolute atomic E-state index is 13.4. The number of anilines is 1. The maximum Gasteiger partial charge on any atom is 0.234 e. The van der Waals surface area contributed by atoms with Crippen molar-refractivity contribution >= 4 is 35.0 Å². The first-order valence-electron chi connectivity index (χ1n) is 5.16. The van der Waals surface area contributed by atoms with Crippen molar-refractivity contribution < 1.29 is 9.18 Å². The van der Waals surface area contributed by atoms with E-state index in [-0.39, 0.29) is 17.3 Å². The van der Waals surface area contributed by atoms with Gasteiger partial charge in [0.1, 0.15) is 5.82 Å². The molecule has 0 saturated heterocycles. The van der Waals surface area contributed by atoms with Crippen molar-refractivity contribution in [2.75, 3.05) is 11.1 Å². The van der Waals surface area contributed by atoms with Crippen LogP contribution < -0.4 is 5.32 Å². The molecule has 0 aliphatic rings. The molecule has 0 bridgehead atoms. The van der Waals surface area contributed by atoms with Gasteiger partial charge in [0, 0.05) is 12.1 Å². The molecule has 0 radical (unpaired) electrons. The lowest BCUT2D eigenvalue weighted by atomic mass is 10.3. The van der Waals surface area contributed by atoms with Gasteiger partial charge in [-0.25, -0.2) is 9.07 Å². The number of rotatable bonds is 4. The zero-order valence-corrected chi connectivity index (χ0v) is 11.4. The number of amides is 1. The molecule has 100 valence electrons. The van der Waals surface area contributed by atoms with Crippen molar-refractivity contribution in [2.24, 2.45) is 7.05 Å². The Bertz CT molecular complexity index is 605. The summed E-state index contributed by atoms with van der Waals surface area (Å²) in [6.45, 7) is 0. The molecule has 0 spiro atoms. The molecule has 1 heterocycles. The first-order chi connectivity index (χ1) is 9.06. The van der Waals surface area contributed by atoms with Crippen LogP contribution in [0.2, 0.25) is 5.02 Å². The fraction of sp³-hybridized carbons (Fsp3) is 0.200. The van der Waals surface area contributed by atoms with E-state index in [2.05, 4.69) is 20.8 Å². The minimum atomic E-state index is -0.539. The molecule has 1 aromatic heterocycles. The number of hydrogen-bond acceptors (Lipinski definition) is 5. The fourth-order valence-corrected chi connectivity index (χ4v) is 2.08. The van der Waals surface area contributed by atoms with Crippen LogP contribution in [0.4, 0.5) is 10.1 Å². The van der Waals surface area contributed by atoms with Gasteiger partial charge in [-0.3, -0.25) is 4.79 Å². The summed E-state index contributed by atoms with van der Waals surface area (Å²) in [7, 11) is 1.66. The third kappa shape index (κ3) is 3.65. The van der Waals surface area contributed by atoms with Crippen LogP contribution in [0, 0.1) is 5.82 Å². The summed E-state index contributed by atoms with van der Waals surface area (Å²) in [4.78, 5) is 11.7. The molecule has 1 N–H and O–H groups in total. The molecule has 19 heavy (non-hydrogen) atoms. The van der Waals surface area contributed by atoms with E-state index in [1.54, 1.807) is 7.05 Å². The van der Waals surface area contributed by atoms with E-state index in [0.29, 0.717) is 10.2 Å². The molecule has 1 amide bonds. The predicted octanol–water partition coefficient (Wildman–Crippen LogP) is 1.73. The summed E-state index contributed by atoms with van der Waals surface area (Å²) in [5.41, 5.74) is 0.0502.